The van der Waals surface area contributed by atoms with Crippen molar-refractivity contribution < 1.29 is 13.9 Å². The normalized spacial score (nSPS) is 22.1. The smallest absolute Gasteiger partial charge is 0.263 e. The van der Waals surface area contributed by atoms with Gasteiger partial charge in [-0.25, -0.2) is 4.39 Å². The fraction of sp³-hybridized carbons (Fsp3) is 0.533. The van der Waals surface area contributed by atoms with Crippen LogP contribution < -0.4 is 10.5 Å². The molecule has 2 rings (SSSR count). The molecule has 0 bridgehead atoms. The maximum absolute atomic E-state index is 13.0. The maximum Gasteiger partial charge on any atom is 0.263 e. The van der Waals surface area contributed by atoms with Crippen molar-refractivity contribution in [1.82, 2.24) is 4.90 Å². The second-order valence-electron chi connectivity index (χ2n) is 5.51. The van der Waals surface area contributed by atoms with Crippen molar-refractivity contribution in [3.63, 3.8) is 0 Å². The number of hydrogen-bond donors (Lipinski definition) is 1. The van der Waals surface area contributed by atoms with Gasteiger partial charge in [0.2, 0.25) is 0 Å². The number of nitrogens with zero attached hydrogens (tertiary/aromatic N) is 1. The molecule has 0 saturated carbocycles. The van der Waals surface area contributed by atoms with Crippen LogP contribution in [0.3, 0.4) is 0 Å². The van der Waals surface area contributed by atoms with Crippen molar-refractivity contribution in [1.29, 1.82) is 0 Å². The minimum atomic E-state index is -0.620. The zero-order valence-electron chi connectivity index (χ0n) is 12.6. The molecule has 7 heteroatoms. The monoisotopic (exact) mass is 394 g/mol. The third-order valence-electron chi connectivity index (χ3n) is 3.82. The van der Waals surface area contributed by atoms with E-state index in [1.807, 2.05) is 11.8 Å². The average molecular weight is 396 g/mol. The Morgan fingerprint density at radius 3 is 2.82 bits per heavy atom. The minimum absolute atomic E-state index is 0. The summed E-state index contributed by atoms with van der Waals surface area (Å²) >= 11 is 3.23. The van der Waals surface area contributed by atoms with Gasteiger partial charge in [0, 0.05) is 12.6 Å². The molecule has 0 aliphatic carbocycles. The number of amides is 1. The summed E-state index contributed by atoms with van der Waals surface area (Å²) in [6.45, 7) is 5.00. The molecule has 1 aromatic rings. The van der Waals surface area contributed by atoms with E-state index in [1.165, 1.54) is 18.2 Å². The van der Waals surface area contributed by atoms with Crippen LogP contribution >= 0.6 is 28.3 Å². The molecule has 0 radical (unpaired) electrons. The lowest BCUT2D eigenvalue weighted by Crippen LogP contribution is -2.42. The predicted octanol–water partition coefficient (Wildman–Crippen LogP) is 2.97. The summed E-state index contributed by atoms with van der Waals surface area (Å²) in [4.78, 5) is 14.3. The summed E-state index contributed by atoms with van der Waals surface area (Å²) in [6.07, 6.45) is 0.306. The number of ether oxygens (including phenoxy) is 1. The SMILES string of the molecule is CC(Oc1ccc(F)cc1Br)C(=O)N1CC(CN)CC1C.Cl. The van der Waals surface area contributed by atoms with Gasteiger partial charge in [-0.05, 0) is 66.9 Å². The minimum Gasteiger partial charge on any atom is -0.480 e. The van der Waals surface area contributed by atoms with Crippen molar-refractivity contribution in [2.75, 3.05) is 13.1 Å². The largest absolute Gasteiger partial charge is 0.480 e. The highest BCUT2D eigenvalue weighted by molar-refractivity contribution is 9.10. The van der Waals surface area contributed by atoms with E-state index in [-0.39, 0.29) is 30.2 Å². The lowest BCUT2D eigenvalue weighted by molar-refractivity contribution is -0.138. The second kappa shape index (κ2) is 8.13. The van der Waals surface area contributed by atoms with E-state index in [4.69, 9.17) is 10.5 Å². The highest BCUT2D eigenvalue weighted by Crippen LogP contribution is 2.28. The molecule has 2 N–H and O–H groups in total. The van der Waals surface area contributed by atoms with Crippen LogP contribution in [-0.2, 0) is 4.79 Å². The highest BCUT2D eigenvalue weighted by atomic mass is 79.9. The molecule has 0 spiro atoms. The van der Waals surface area contributed by atoms with Crippen LogP contribution in [0, 0.1) is 11.7 Å². The van der Waals surface area contributed by atoms with E-state index in [2.05, 4.69) is 15.9 Å². The number of rotatable bonds is 4. The Labute approximate surface area is 144 Å². The van der Waals surface area contributed by atoms with Gasteiger partial charge in [-0.3, -0.25) is 4.79 Å². The quantitative estimate of drug-likeness (QED) is 0.853. The number of likely N-dealkylation sites (tertiary alicyclic amines) is 1. The lowest BCUT2D eigenvalue weighted by Gasteiger charge is -2.25. The second-order valence-corrected chi connectivity index (χ2v) is 6.37. The standard InChI is InChI=1S/C15H20BrFN2O2.ClH/c1-9-5-11(7-18)8-19(9)15(20)10(2)21-14-4-3-12(17)6-13(14)16;/h3-4,6,9-11H,5,7-8,18H2,1-2H3;1H. The van der Waals surface area contributed by atoms with Crippen LogP contribution in [0.4, 0.5) is 4.39 Å². The van der Waals surface area contributed by atoms with Crippen LogP contribution in [0.1, 0.15) is 20.3 Å². The Kier molecular flexibility index (Phi) is 7.09. The summed E-state index contributed by atoms with van der Waals surface area (Å²) in [5.74, 6) is 0.398. The van der Waals surface area contributed by atoms with Gasteiger partial charge in [0.25, 0.3) is 5.91 Å². The molecule has 1 aromatic carbocycles. The molecule has 4 nitrogen and oxygen atoms in total. The van der Waals surface area contributed by atoms with Gasteiger partial charge in [0.1, 0.15) is 11.6 Å². The maximum atomic E-state index is 13.0. The van der Waals surface area contributed by atoms with Gasteiger partial charge < -0.3 is 15.4 Å². The number of halogens is 3. The van der Waals surface area contributed by atoms with Gasteiger partial charge in [-0.1, -0.05) is 0 Å². The van der Waals surface area contributed by atoms with Gasteiger partial charge in [-0.15, -0.1) is 12.4 Å². The molecule has 3 atom stereocenters. The van der Waals surface area contributed by atoms with E-state index in [0.29, 0.717) is 29.2 Å². The van der Waals surface area contributed by atoms with Gasteiger partial charge >= 0.3 is 0 Å². The first-order valence-corrected chi connectivity index (χ1v) is 7.84. The Morgan fingerprint density at radius 1 is 1.59 bits per heavy atom. The molecule has 0 aromatic heterocycles. The third kappa shape index (κ3) is 4.33. The van der Waals surface area contributed by atoms with Crippen molar-refractivity contribution >= 4 is 34.2 Å². The van der Waals surface area contributed by atoms with E-state index in [0.717, 1.165) is 6.42 Å². The van der Waals surface area contributed by atoms with Crippen molar-refractivity contribution in [2.24, 2.45) is 11.7 Å². The van der Waals surface area contributed by atoms with E-state index in [9.17, 15) is 9.18 Å². The Morgan fingerprint density at radius 2 is 2.27 bits per heavy atom. The number of benzene rings is 1. The zero-order valence-corrected chi connectivity index (χ0v) is 15.0. The fourth-order valence-corrected chi connectivity index (χ4v) is 3.11. The lowest BCUT2D eigenvalue weighted by atomic mass is 10.1. The van der Waals surface area contributed by atoms with Crippen LogP contribution in [0.15, 0.2) is 22.7 Å². The predicted molar refractivity (Wildman–Crippen MR) is 89.8 cm³/mol. The highest BCUT2D eigenvalue weighted by Gasteiger charge is 2.34. The van der Waals surface area contributed by atoms with Crippen LogP contribution in [0.25, 0.3) is 0 Å². The molecule has 1 aliphatic heterocycles. The number of carbonyl (C=O) groups is 1. The Balaban J connectivity index is 0.00000242. The fourth-order valence-electron chi connectivity index (χ4n) is 2.67. The van der Waals surface area contributed by atoms with Gasteiger partial charge in [-0.2, -0.15) is 0 Å². The first-order valence-electron chi connectivity index (χ1n) is 7.04. The van der Waals surface area contributed by atoms with Crippen molar-refractivity contribution in [2.45, 2.75) is 32.4 Å². The number of nitrogens with two attached hydrogens (primary N) is 1. The van der Waals surface area contributed by atoms with Crippen molar-refractivity contribution in [3.05, 3.63) is 28.5 Å². The van der Waals surface area contributed by atoms with Crippen LogP contribution in [0.2, 0.25) is 0 Å². The number of carbonyl (C=O) groups excluding carboxylic acids is 1. The third-order valence-corrected chi connectivity index (χ3v) is 4.44. The van der Waals surface area contributed by atoms with E-state index in [1.54, 1.807) is 6.92 Å². The molecule has 1 aliphatic rings. The van der Waals surface area contributed by atoms with Gasteiger partial charge in [0.05, 0.1) is 4.47 Å². The first kappa shape index (κ1) is 19.2. The average Bonchev–Trinajstić information content (AvgIpc) is 2.82. The number of hydrogen-bond acceptors (Lipinski definition) is 3. The van der Waals surface area contributed by atoms with Crippen LogP contribution in [0.5, 0.6) is 5.75 Å². The molecule has 1 heterocycles. The summed E-state index contributed by atoms with van der Waals surface area (Å²) in [5.41, 5.74) is 5.68. The van der Waals surface area contributed by atoms with Crippen LogP contribution in [-0.4, -0.2) is 36.0 Å². The van der Waals surface area contributed by atoms with Gasteiger partial charge in [0.15, 0.2) is 6.10 Å². The zero-order chi connectivity index (χ0) is 15.6. The first-order chi connectivity index (χ1) is 9.92. The molecule has 1 saturated heterocycles. The molecule has 3 unspecified atom stereocenters. The molecule has 124 valence electrons. The summed E-state index contributed by atoms with van der Waals surface area (Å²) in [5, 5.41) is 0. The van der Waals surface area contributed by atoms with Crippen molar-refractivity contribution in [3.8, 4) is 5.75 Å². The Bertz CT molecular complexity index is 532. The molecule has 1 fully saturated rings. The molecular formula is C15H21BrClFN2O2. The topological polar surface area (TPSA) is 55.6 Å². The van der Waals surface area contributed by atoms with E-state index < -0.39 is 6.10 Å². The molecule has 22 heavy (non-hydrogen) atoms. The molecule has 1 amide bonds. The summed E-state index contributed by atoms with van der Waals surface area (Å²) < 4.78 is 19.2. The van der Waals surface area contributed by atoms with E-state index >= 15 is 0 Å². The summed E-state index contributed by atoms with van der Waals surface area (Å²) in [7, 11) is 0. The summed E-state index contributed by atoms with van der Waals surface area (Å²) in [6, 6.07) is 4.31. The molecular weight excluding hydrogens is 375 g/mol. The Hall–Kier alpha value is -0.850.